The Morgan fingerprint density at radius 3 is 2.70 bits per heavy atom. The molecule has 1 aliphatic rings. The third-order valence-electron chi connectivity index (χ3n) is 2.46. The van der Waals surface area contributed by atoms with Crippen molar-refractivity contribution in [3.8, 4) is 0 Å². The topological polar surface area (TPSA) is 106 Å². The van der Waals surface area contributed by atoms with Gasteiger partial charge in [0, 0.05) is 0 Å². The molecule has 1 unspecified atom stereocenters. The van der Waals surface area contributed by atoms with Gasteiger partial charge in [-0.15, -0.1) is 0 Å². The van der Waals surface area contributed by atoms with Gasteiger partial charge in [0.05, 0.1) is 0 Å². The first-order valence-corrected chi connectivity index (χ1v) is 7.63. The van der Waals surface area contributed by atoms with E-state index in [2.05, 4.69) is 21.2 Å². The first-order chi connectivity index (χ1) is 9.56. The van der Waals surface area contributed by atoms with Gasteiger partial charge in [-0.25, -0.2) is 0 Å². The van der Waals surface area contributed by atoms with E-state index in [4.69, 9.17) is 5.41 Å². The van der Waals surface area contributed by atoms with Crippen molar-refractivity contribution >= 4 is 43.0 Å². The number of nitrogens with zero attached hydrogens (tertiary/aromatic N) is 1. The zero-order valence-corrected chi connectivity index (χ0v) is 12.3. The van der Waals surface area contributed by atoms with E-state index in [0.717, 1.165) is 0 Å². The number of amidine groups is 1. The molecule has 1 aliphatic heterocycles. The number of amides is 3. The van der Waals surface area contributed by atoms with Gasteiger partial charge in [0.2, 0.25) is 0 Å². The summed E-state index contributed by atoms with van der Waals surface area (Å²) in [5, 5.41) is 16.4. The first kappa shape index (κ1) is 14.2. The molecule has 104 valence electrons. The van der Waals surface area contributed by atoms with Crippen molar-refractivity contribution in [3.63, 3.8) is 0 Å². The van der Waals surface area contributed by atoms with Crippen LogP contribution in [0.3, 0.4) is 0 Å². The Hall–Kier alpha value is -2.18. The SMILES string of the molecule is C/C(=N\NC(=O)Nc1ccccc1)C1[Se]C(=N)NC1=O. The molecule has 1 saturated heterocycles. The van der Waals surface area contributed by atoms with Crippen molar-refractivity contribution in [1.29, 1.82) is 5.41 Å². The van der Waals surface area contributed by atoms with E-state index in [9.17, 15) is 9.59 Å². The van der Waals surface area contributed by atoms with Crippen molar-refractivity contribution < 1.29 is 9.59 Å². The maximum absolute atomic E-state index is 11.6. The summed E-state index contributed by atoms with van der Waals surface area (Å²) >= 11 is -0.289. The summed E-state index contributed by atoms with van der Waals surface area (Å²) in [6.07, 6.45) is 0. The predicted molar refractivity (Wildman–Crippen MR) is 77.1 cm³/mol. The molecule has 2 rings (SSSR count). The van der Waals surface area contributed by atoms with Crippen molar-refractivity contribution in [2.24, 2.45) is 5.10 Å². The second kappa shape index (κ2) is 6.31. The van der Waals surface area contributed by atoms with Crippen molar-refractivity contribution in [1.82, 2.24) is 10.7 Å². The van der Waals surface area contributed by atoms with Crippen LogP contribution in [0.4, 0.5) is 10.5 Å². The molecule has 0 aliphatic carbocycles. The Kier molecular flexibility index (Phi) is 4.49. The van der Waals surface area contributed by atoms with Crippen LogP contribution < -0.4 is 16.1 Å². The first-order valence-electron chi connectivity index (χ1n) is 5.78. The number of benzene rings is 1. The molecular weight excluding hydrogens is 325 g/mol. The van der Waals surface area contributed by atoms with Gasteiger partial charge in [0.1, 0.15) is 0 Å². The number of carbonyl (C=O) groups is 2. The van der Waals surface area contributed by atoms with Gasteiger partial charge in [-0.3, -0.25) is 0 Å². The minimum absolute atomic E-state index is 0.232. The third kappa shape index (κ3) is 3.66. The molecule has 7 nitrogen and oxygen atoms in total. The predicted octanol–water partition coefficient (Wildman–Crippen LogP) is 0.741. The van der Waals surface area contributed by atoms with E-state index in [-0.39, 0.29) is 25.6 Å². The number of urea groups is 1. The fraction of sp³-hybridized carbons (Fsp3) is 0.167. The molecular formula is C12H13N5O2Se. The molecule has 0 radical (unpaired) electrons. The summed E-state index contributed by atoms with van der Waals surface area (Å²) in [4.78, 5) is 22.7. The summed E-state index contributed by atoms with van der Waals surface area (Å²) in [7, 11) is 0. The number of hydrazone groups is 1. The van der Waals surface area contributed by atoms with Crippen LogP contribution in [0.1, 0.15) is 6.92 Å². The number of rotatable bonds is 3. The molecule has 1 heterocycles. The molecule has 3 amide bonds. The summed E-state index contributed by atoms with van der Waals surface area (Å²) in [6.45, 7) is 1.66. The average molecular weight is 338 g/mol. The molecule has 1 aromatic rings. The second-order valence-electron chi connectivity index (χ2n) is 4.00. The van der Waals surface area contributed by atoms with Crippen molar-refractivity contribution in [2.75, 3.05) is 5.32 Å². The number of carbonyl (C=O) groups excluding carboxylic acids is 2. The summed E-state index contributed by atoms with van der Waals surface area (Å²) < 4.78 is 0.232. The van der Waals surface area contributed by atoms with Crippen LogP contribution in [-0.4, -0.2) is 37.3 Å². The van der Waals surface area contributed by atoms with Gasteiger partial charge in [0.25, 0.3) is 0 Å². The van der Waals surface area contributed by atoms with Crippen LogP contribution in [0.5, 0.6) is 0 Å². The Morgan fingerprint density at radius 1 is 1.40 bits per heavy atom. The maximum atomic E-state index is 11.6. The fourth-order valence-electron chi connectivity index (χ4n) is 1.53. The standard InChI is InChI=1S/C12H13N5O2Se/c1-7(9-10(18)15-11(13)20-9)16-17-12(19)14-8-5-3-2-4-6-8/h2-6,9H,1H3,(H2,13,15,18)(H2,14,17,19)/b16-7+. The van der Waals surface area contributed by atoms with E-state index in [1.54, 1.807) is 31.2 Å². The zero-order valence-electron chi connectivity index (χ0n) is 10.6. The van der Waals surface area contributed by atoms with Crippen LogP contribution in [-0.2, 0) is 4.79 Å². The molecule has 1 atom stereocenters. The molecule has 8 heteroatoms. The molecule has 20 heavy (non-hydrogen) atoms. The van der Waals surface area contributed by atoms with Gasteiger partial charge in [-0.1, -0.05) is 0 Å². The monoisotopic (exact) mass is 339 g/mol. The molecule has 1 fully saturated rings. The molecule has 0 bridgehead atoms. The van der Waals surface area contributed by atoms with E-state index >= 15 is 0 Å². The number of anilines is 1. The number of hydrogen-bond acceptors (Lipinski definition) is 4. The van der Waals surface area contributed by atoms with Gasteiger partial charge in [-0.05, 0) is 0 Å². The van der Waals surface area contributed by atoms with Crippen LogP contribution in [0.2, 0.25) is 4.82 Å². The van der Waals surface area contributed by atoms with Crippen LogP contribution >= 0.6 is 0 Å². The summed E-state index contributed by atoms with van der Waals surface area (Å²) in [5.74, 6) is -0.235. The fourth-order valence-corrected chi connectivity index (χ4v) is 3.18. The summed E-state index contributed by atoms with van der Waals surface area (Å²) in [6, 6.07) is 8.50. The van der Waals surface area contributed by atoms with Gasteiger partial charge < -0.3 is 0 Å². The van der Waals surface area contributed by atoms with E-state index < -0.39 is 10.8 Å². The number of para-hydroxylation sites is 1. The molecule has 0 spiro atoms. The van der Waals surface area contributed by atoms with E-state index in [1.807, 2.05) is 6.07 Å². The third-order valence-corrected chi connectivity index (χ3v) is 4.82. The van der Waals surface area contributed by atoms with Crippen LogP contribution in [0, 0.1) is 5.41 Å². The average Bonchev–Trinajstić information content (AvgIpc) is 2.76. The normalized spacial score (nSPS) is 18.6. The Morgan fingerprint density at radius 2 is 2.10 bits per heavy atom. The van der Waals surface area contributed by atoms with Crippen LogP contribution in [0.25, 0.3) is 0 Å². The minimum atomic E-state index is -0.475. The van der Waals surface area contributed by atoms with Crippen LogP contribution in [0.15, 0.2) is 35.4 Å². The van der Waals surface area contributed by atoms with Gasteiger partial charge >= 0.3 is 121 Å². The van der Waals surface area contributed by atoms with Gasteiger partial charge in [0.15, 0.2) is 0 Å². The van der Waals surface area contributed by atoms with E-state index in [0.29, 0.717) is 11.4 Å². The number of nitrogens with one attached hydrogen (secondary N) is 4. The van der Waals surface area contributed by atoms with Crippen molar-refractivity contribution in [3.05, 3.63) is 30.3 Å². The molecule has 0 saturated carbocycles. The molecule has 1 aromatic carbocycles. The van der Waals surface area contributed by atoms with Crippen molar-refractivity contribution in [2.45, 2.75) is 11.7 Å². The zero-order chi connectivity index (χ0) is 14.5. The summed E-state index contributed by atoms with van der Waals surface area (Å²) in [5.41, 5.74) is 3.49. The second-order valence-corrected chi connectivity index (χ2v) is 6.34. The van der Waals surface area contributed by atoms with E-state index in [1.165, 1.54) is 0 Å². The Bertz CT molecular complexity index is 572. The molecule has 0 aromatic heterocycles. The number of hydrogen-bond donors (Lipinski definition) is 4. The molecule has 4 N–H and O–H groups in total. The van der Waals surface area contributed by atoms with Gasteiger partial charge in [-0.2, -0.15) is 0 Å². The Balaban J connectivity index is 1.90. The quantitative estimate of drug-likeness (QED) is 0.371. The Labute approximate surface area is 121 Å².